The molecule has 1 fully saturated rings. The maximum atomic E-state index is 12.4. The smallest absolute Gasteiger partial charge is 0.255 e. The molecule has 3 heterocycles. The van der Waals surface area contributed by atoms with Crippen molar-refractivity contribution in [3.8, 4) is 5.88 Å². The average molecular weight is 288 g/mol. The fourth-order valence-corrected chi connectivity index (χ4v) is 2.44. The molecular formula is C14H16N4O3. The molecule has 7 heteroatoms. The van der Waals surface area contributed by atoms with Gasteiger partial charge >= 0.3 is 0 Å². The van der Waals surface area contributed by atoms with E-state index >= 15 is 0 Å². The molecule has 0 bridgehead atoms. The second kappa shape index (κ2) is 5.90. The van der Waals surface area contributed by atoms with Crippen LogP contribution in [0.4, 0.5) is 0 Å². The lowest BCUT2D eigenvalue weighted by atomic mass is 10.1. The molecule has 110 valence electrons. The van der Waals surface area contributed by atoms with E-state index in [0.717, 1.165) is 6.42 Å². The van der Waals surface area contributed by atoms with E-state index in [-0.39, 0.29) is 11.8 Å². The number of likely N-dealkylation sites (tertiary alicyclic amines) is 1. The van der Waals surface area contributed by atoms with Crippen LogP contribution >= 0.6 is 0 Å². The lowest BCUT2D eigenvalue weighted by Gasteiger charge is -2.15. The minimum Gasteiger partial charge on any atom is -0.478 e. The lowest BCUT2D eigenvalue weighted by molar-refractivity contribution is 0.0790. The third-order valence-electron chi connectivity index (χ3n) is 3.49. The Kier molecular flexibility index (Phi) is 3.81. The van der Waals surface area contributed by atoms with Gasteiger partial charge in [0.1, 0.15) is 0 Å². The first-order valence-corrected chi connectivity index (χ1v) is 6.92. The van der Waals surface area contributed by atoms with Gasteiger partial charge in [-0.3, -0.25) is 4.79 Å². The summed E-state index contributed by atoms with van der Waals surface area (Å²) < 4.78 is 10.0. The van der Waals surface area contributed by atoms with Crippen LogP contribution in [0.3, 0.4) is 0 Å². The SMILES string of the molecule is CCOc1ccc(C(=O)N2CC[C@H](c3ncon3)C2)cn1. The van der Waals surface area contributed by atoms with E-state index < -0.39 is 0 Å². The summed E-state index contributed by atoms with van der Waals surface area (Å²) in [5.41, 5.74) is 0.562. The molecule has 0 unspecified atom stereocenters. The van der Waals surface area contributed by atoms with Crippen molar-refractivity contribution in [3.63, 3.8) is 0 Å². The number of pyridine rings is 1. The molecule has 21 heavy (non-hydrogen) atoms. The molecule has 1 aliphatic rings. The van der Waals surface area contributed by atoms with Gasteiger partial charge in [-0.2, -0.15) is 4.98 Å². The number of ether oxygens (including phenoxy) is 1. The van der Waals surface area contributed by atoms with Gasteiger partial charge < -0.3 is 14.2 Å². The number of hydrogen-bond donors (Lipinski definition) is 0. The standard InChI is InChI=1S/C14H16N4O3/c1-2-20-12-4-3-10(7-15-12)14(19)18-6-5-11(8-18)13-16-9-21-17-13/h3-4,7,9,11H,2,5-6,8H2,1H3/t11-/m0/s1. The summed E-state index contributed by atoms with van der Waals surface area (Å²) in [7, 11) is 0. The third-order valence-corrected chi connectivity index (χ3v) is 3.49. The van der Waals surface area contributed by atoms with E-state index in [9.17, 15) is 4.79 Å². The Morgan fingerprint density at radius 3 is 3.05 bits per heavy atom. The molecule has 0 aromatic carbocycles. The van der Waals surface area contributed by atoms with Gasteiger partial charge in [0.15, 0.2) is 5.82 Å². The number of nitrogens with zero attached hydrogens (tertiary/aromatic N) is 4. The van der Waals surface area contributed by atoms with Crippen LogP contribution in [0.25, 0.3) is 0 Å². The van der Waals surface area contributed by atoms with E-state index in [0.29, 0.717) is 37.0 Å². The van der Waals surface area contributed by atoms with Gasteiger partial charge in [0.05, 0.1) is 12.2 Å². The van der Waals surface area contributed by atoms with Crippen molar-refractivity contribution in [1.82, 2.24) is 20.0 Å². The molecule has 3 rings (SSSR count). The van der Waals surface area contributed by atoms with Crippen molar-refractivity contribution < 1.29 is 14.1 Å². The Balaban J connectivity index is 1.66. The molecule has 2 aromatic rings. The van der Waals surface area contributed by atoms with Gasteiger partial charge in [-0.15, -0.1) is 0 Å². The Labute approximate surface area is 121 Å². The first kappa shape index (κ1) is 13.5. The molecule has 0 radical (unpaired) electrons. The van der Waals surface area contributed by atoms with E-state index in [1.54, 1.807) is 23.2 Å². The van der Waals surface area contributed by atoms with Crippen LogP contribution in [0.1, 0.15) is 35.4 Å². The number of amides is 1. The summed E-state index contributed by atoms with van der Waals surface area (Å²) in [5, 5.41) is 3.84. The number of carbonyl (C=O) groups excluding carboxylic acids is 1. The highest BCUT2D eigenvalue weighted by atomic mass is 16.5. The predicted molar refractivity (Wildman–Crippen MR) is 73.0 cm³/mol. The van der Waals surface area contributed by atoms with E-state index in [2.05, 4.69) is 15.1 Å². The first-order valence-electron chi connectivity index (χ1n) is 6.92. The minimum atomic E-state index is -0.0310. The highest BCUT2D eigenvalue weighted by Gasteiger charge is 2.30. The molecule has 1 aliphatic heterocycles. The average Bonchev–Trinajstić information content (AvgIpc) is 3.19. The predicted octanol–water partition coefficient (Wildman–Crippen LogP) is 1.49. The number of rotatable bonds is 4. The lowest BCUT2D eigenvalue weighted by Crippen LogP contribution is -2.28. The third kappa shape index (κ3) is 2.86. The zero-order valence-corrected chi connectivity index (χ0v) is 11.7. The largest absolute Gasteiger partial charge is 0.478 e. The maximum Gasteiger partial charge on any atom is 0.255 e. The summed E-state index contributed by atoms with van der Waals surface area (Å²) in [4.78, 5) is 22.4. The monoisotopic (exact) mass is 288 g/mol. The molecule has 1 amide bonds. The maximum absolute atomic E-state index is 12.4. The summed E-state index contributed by atoms with van der Waals surface area (Å²) >= 11 is 0. The molecular weight excluding hydrogens is 272 g/mol. The van der Waals surface area contributed by atoms with Gasteiger partial charge in [-0.1, -0.05) is 5.16 Å². The fraction of sp³-hybridized carbons (Fsp3) is 0.429. The van der Waals surface area contributed by atoms with Gasteiger partial charge in [-0.05, 0) is 19.4 Å². The van der Waals surface area contributed by atoms with Gasteiger partial charge in [0.2, 0.25) is 12.3 Å². The van der Waals surface area contributed by atoms with Crippen molar-refractivity contribution in [2.75, 3.05) is 19.7 Å². The van der Waals surface area contributed by atoms with E-state index in [4.69, 9.17) is 9.26 Å². The Bertz CT molecular complexity index is 597. The highest BCUT2D eigenvalue weighted by molar-refractivity contribution is 5.94. The first-order chi connectivity index (χ1) is 10.3. The Morgan fingerprint density at radius 1 is 1.48 bits per heavy atom. The van der Waals surface area contributed by atoms with Crippen LogP contribution in [0.15, 0.2) is 29.2 Å². The van der Waals surface area contributed by atoms with Crippen LogP contribution in [-0.4, -0.2) is 45.6 Å². The minimum absolute atomic E-state index is 0.0310. The van der Waals surface area contributed by atoms with Crippen molar-refractivity contribution >= 4 is 5.91 Å². The van der Waals surface area contributed by atoms with E-state index in [1.807, 2.05) is 6.92 Å². The highest BCUT2D eigenvalue weighted by Crippen LogP contribution is 2.25. The van der Waals surface area contributed by atoms with Crippen molar-refractivity contribution in [3.05, 3.63) is 36.1 Å². The van der Waals surface area contributed by atoms with Crippen molar-refractivity contribution in [2.45, 2.75) is 19.3 Å². The zero-order valence-electron chi connectivity index (χ0n) is 11.7. The van der Waals surface area contributed by atoms with Gasteiger partial charge in [0, 0.05) is 31.3 Å². The molecule has 0 saturated carbocycles. The number of carbonyl (C=O) groups is 1. The quantitative estimate of drug-likeness (QED) is 0.848. The summed E-state index contributed by atoms with van der Waals surface area (Å²) in [6, 6.07) is 3.45. The Morgan fingerprint density at radius 2 is 2.38 bits per heavy atom. The summed E-state index contributed by atoms with van der Waals surface area (Å²) in [6.07, 6.45) is 3.71. The molecule has 7 nitrogen and oxygen atoms in total. The normalized spacial score (nSPS) is 18.0. The van der Waals surface area contributed by atoms with Crippen LogP contribution < -0.4 is 4.74 Å². The topological polar surface area (TPSA) is 81.4 Å². The molecule has 1 saturated heterocycles. The molecule has 1 atom stereocenters. The second-order valence-electron chi connectivity index (χ2n) is 4.84. The molecule has 0 N–H and O–H groups in total. The van der Waals surface area contributed by atoms with Gasteiger partial charge in [0.25, 0.3) is 5.91 Å². The summed E-state index contributed by atoms with van der Waals surface area (Å²) in [5.74, 6) is 1.30. The number of hydrogen-bond acceptors (Lipinski definition) is 6. The second-order valence-corrected chi connectivity index (χ2v) is 4.84. The van der Waals surface area contributed by atoms with Gasteiger partial charge in [-0.25, -0.2) is 4.98 Å². The molecule has 0 aliphatic carbocycles. The van der Waals surface area contributed by atoms with Crippen molar-refractivity contribution in [2.24, 2.45) is 0 Å². The van der Waals surface area contributed by atoms with Crippen molar-refractivity contribution in [1.29, 1.82) is 0 Å². The molecule has 0 spiro atoms. The number of aromatic nitrogens is 3. The molecule has 2 aromatic heterocycles. The Hall–Kier alpha value is -2.44. The zero-order chi connectivity index (χ0) is 14.7. The van der Waals surface area contributed by atoms with Crippen LogP contribution in [-0.2, 0) is 0 Å². The van der Waals surface area contributed by atoms with Crippen LogP contribution in [0, 0.1) is 0 Å². The summed E-state index contributed by atoms with van der Waals surface area (Å²) in [6.45, 7) is 3.73. The fourth-order valence-electron chi connectivity index (χ4n) is 2.44. The van der Waals surface area contributed by atoms with Crippen LogP contribution in [0.2, 0.25) is 0 Å². The van der Waals surface area contributed by atoms with E-state index in [1.165, 1.54) is 6.39 Å². The van der Waals surface area contributed by atoms with Crippen LogP contribution in [0.5, 0.6) is 5.88 Å².